The topological polar surface area (TPSA) is 43.0 Å². The average Bonchev–Trinajstić information content (AvgIpc) is 3.02. The molecule has 1 N–H and O–H groups in total. The van der Waals surface area contributed by atoms with E-state index in [1.54, 1.807) is 21.3 Å². The van der Waals surface area contributed by atoms with E-state index >= 15 is 0 Å². The molecule has 2 fully saturated rings. The van der Waals surface area contributed by atoms with Gasteiger partial charge in [0.25, 0.3) is 0 Å². The van der Waals surface area contributed by atoms with E-state index in [-0.39, 0.29) is 0 Å². The van der Waals surface area contributed by atoms with E-state index in [0.717, 1.165) is 60.8 Å². The molecule has 0 saturated carbocycles. The summed E-state index contributed by atoms with van der Waals surface area (Å²) in [6.45, 7) is 5.49. The number of nitrogens with one attached hydrogen (secondary N) is 1. The van der Waals surface area contributed by atoms with E-state index in [0.29, 0.717) is 0 Å². The Morgan fingerprint density at radius 2 is 1.73 bits per heavy atom. The summed E-state index contributed by atoms with van der Waals surface area (Å²) in [6, 6.07) is 3.86. The Hall–Kier alpha value is -1.46. The summed E-state index contributed by atoms with van der Waals surface area (Å²) in [5.74, 6) is 4.07. The summed E-state index contributed by atoms with van der Waals surface area (Å²) < 4.78 is 16.4. The van der Waals surface area contributed by atoms with E-state index in [4.69, 9.17) is 14.2 Å². The minimum absolute atomic E-state index is 0.760. The normalized spacial score (nSPS) is 24.9. The van der Waals surface area contributed by atoms with Gasteiger partial charge in [0, 0.05) is 25.2 Å². The number of piperidine rings is 1. The van der Waals surface area contributed by atoms with E-state index in [2.05, 4.69) is 10.2 Å². The van der Waals surface area contributed by atoms with Crippen LogP contribution in [0.4, 0.5) is 0 Å². The Labute approximate surface area is 132 Å². The molecule has 2 aliphatic heterocycles. The molecule has 2 atom stereocenters. The van der Waals surface area contributed by atoms with Crippen LogP contribution < -0.4 is 19.5 Å². The highest BCUT2D eigenvalue weighted by Gasteiger charge is 2.33. The summed E-state index contributed by atoms with van der Waals surface area (Å²) in [7, 11) is 5.06. The summed E-state index contributed by atoms with van der Waals surface area (Å²) in [5, 5.41) is 3.52. The van der Waals surface area contributed by atoms with Gasteiger partial charge in [0.05, 0.1) is 26.9 Å². The van der Waals surface area contributed by atoms with Crippen LogP contribution in [0.2, 0.25) is 0 Å². The Bertz CT molecular complexity index is 496. The first-order valence-corrected chi connectivity index (χ1v) is 7.97. The van der Waals surface area contributed by atoms with Gasteiger partial charge in [-0.3, -0.25) is 4.90 Å². The average molecular weight is 306 g/mol. The van der Waals surface area contributed by atoms with Gasteiger partial charge in [0.15, 0.2) is 0 Å². The second-order valence-electron chi connectivity index (χ2n) is 6.21. The molecule has 122 valence electrons. The largest absolute Gasteiger partial charge is 0.496 e. The predicted molar refractivity (Wildman–Crippen MR) is 85.8 cm³/mol. The molecule has 2 unspecified atom stereocenters. The van der Waals surface area contributed by atoms with Gasteiger partial charge in [0.2, 0.25) is 0 Å². The molecule has 5 heteroatoms. The van der Waals surface area contributed by atoms with Crippen LogP contribution in [0.15, 0.2) is 12.1 Å². The van der Waals surface area contributed by atoms with Crippen molar-refractivity contribution in [1.82, 2.24) is 10.2 Å². The Morgan fingerprint density at radius 1 is 1.05 bits per heavy atom. The van der Waals surface area contributed by atoms with Crippen LogP contribution in [0.25, 0.3) is 0 Å². The third-order valence-corrected chi connectivity index (χ3v) is 4.99. The zero-order valence-corrected chi connectivity index (χ0v) is 13.7. The van der Waals surface area contributed by atoms with Crippen molar-refractivity contribution in [2.24, 2.45) is 11.8 Å². The first-order valence-electron chi connectivity index (χ1n) is 7.97. The van der Waals surface area contributed by atoms with Crippen molar-refractivity contribution in [3.63, 3.8) is 0 Å². The van der Waals surface area contributed by atoms with Gasteiger partial charge in [-0.05, 0) is 37.9 Å². The third kappa shape index (κ3) is 3.01. The number of likely N-dealkylation sites (tertiary alicyclic amines) is 1. The minimum Gasteiger partial charge on any atom is -0.496 e. The number of methoxy groups -OCH3 is 3. The smallest absolute Gasteiger partial charge is 0.130 e. The molecule has 0 aliphatic carbocycles. The van der Waals surface area contributed by atoms with E-state index in [1.807, 2.05) is 12.1 Å². The van der Waals surface area contributed by atoms with Crippen LogP contribution in [0, 0.1) is 11.8 Å². The van der Waals surface area contributed by atoms with Crippen molar-refractivity contribution in [1.29, 1.82) is 0 Å². The lowest BCUT2D eigenvalue weighted by atomic mass is 9.88. The fourth-order valence-corrected chi connectivity index (χ4v) is 3.71. The van der Waals surface area contributed by atoms with Crippen molar-refractivity contribution in [2.45, 2.75) is 13.0 Å². The van der Waals surface area contributed by atoms with Crippen LogP contribution in [0.3, 0.4) is 0 Å². The lowest BCUT2D eigenvalue weighted by Crippen LogP contribution is -2.39. The van der Waals surface area contributed by atoms with Gasteiger partial charge in [-0.2, -0.15) is 0 Å². The van der Waals surface area contributed by atoms with Crippen LogP contribution in [0.1, 0.15) is 12.0 Å². The fourth-order valence-electron chi connectivity index (χ4n) is 3.71. The van der Waals surface area contributed by atoms with Crippen molar-refractivity contribution in [2.75, 3.05) is 47.5 Å². The predicted octanol–water partition coefficient (Wildman–Crippen LogP) is 1.75. The highest BCUT2D eigenvalue weighted by atomic mass is 16.5. The first-order chi connectivity index (χ1) is 10.7. The standard InChI is InChI=1S/C17H26N2O3/c1-20-14-6-16(21-2)15(17(7-14)22-3)11-19-5-4-12-8-18-9-13(12)10-19/h6-7,12-13,18H,4-5,8-11H2,1-3H3. The summed E-state index contributed by atoms with van der Waals surface area (Å²) in [4.78, 5) is 2.51. The van der Waals surface area contributed by atoms with Crippen molar-refractivity contribution >= 4 is 0 Å². The van der Waals surface area contributed by atoms with Crippen LogP contribution in [0.5, 0.6) is 17.2 Å². The Balaban J connectivity index is 1.78. The third-order valence-electron chi connectivity index (χ3n) is 4.99. The number of ether oxygens (including phenoxy) is 3. The molecule has 2 heterocycles. The highest BCUT2D eigenvalue weighted by molar-refractivity contribution is 5.50. The fraction of sp³-hybridized carbons (Fsp3) is 0.647. The quantitative estimate of drug-likeness (QED) is 0.898. The minimum atomic E-state index is 0.760. The maximum atomic E-state index is 5.56. The lowest BCUT2D eigenvalue weighted by molar-refractivity contribution is 0.140. The van der Waals surface area contributed by atoms with E-state index in [1.165, 1.54) is 13.0 Å². The van der Waals surface area contributed by atoms with Crippen LogP contribution in [-0.2, 0) is 6.54 Å². The van der Waals surface area contributed by atoms with Gasteiger partial charge in [-0.25, -0.2) is 0 Å². The molecule has 0 aromatic heterocycles. The Morgan fingerprint density at radius 3 is 2.36 bits per heavy atom. The molecule has 0 spiro atoms. The summed E-state index contributed by atoms with van der Waals surface area (Å²) in [5.41, 5.74) is 1.11. The molecule has 1 aromatic rings. The number of hydrogen-bond acceptors (Lipinski definition) is 5. The van der Waals surface area contributed by atoms with Crippen LogP contribution in [-0.4, -0.2) is 52.4 Å². The molecular weight excluding hydrogens is 280 g/mol. The second-order valence-corrected chi connectivity index (χ2v) is 6.21. The second kappa shape index (κ2) is 6.75. The SMILES string of the molecule is COc1cc(OC)c(CN2CCC3CNCC3C2)c(OC)c1. The molecule has 2 saturated heterocycles. The maximum absolute atomic E-state index is 5.56. The summed E-state index contributed by atoms with van der Waals surface area (Å²) in [6.07, 6.45) is 1.28. The zero-order valence-electron chi connectivity index (χ0n) is 13.7. The van der Waals surface area contributed by atoms with Crippen molar-refractivity contribution < 1.29 is 14.2 Å². The number of nitrogens with zero attached hydrogens (tertiary/aromatic N) is 1. The number of benzene rings is 1. The van der Waals surface area contributed by atoms with Gasteiger partial charge < -0.3 is 19.5 Å². The van der Waals surface area contributed by atoms with Gasteiger partial charge in [-0.1, -0.05) is 0 Å². The van der Waals surface area contributed by atoms with Gasteiger partial charge in [-0.15, -0.1) is 0 Å². The van der Waals surface area contributed by atoms with Gasteiger partial charge in [0.1, 0.15) is 17.2 Å². The number of fused-ring (bicyclic) bond motifs is 1. The van der Waals surface area contributed by atoms with Crippen molar-refractivity contribution in [3.8, 4) is 17.2 Å². The molecule has 22 heavy (non-hydrogen) atoms. The van der Waals surface area contributed by atoms with Crippen LogP contribution >= 0.6 is 0 Å². The number of hydrogen-bond donors (Lipinski definition) is 1. The maximum Gasteiger partial charge on any atom is 0.130 e. The van der Waals surface area contributed by atoms with Gasteiger partial charge >= 0.3 is 0 Å². The monoisotopic (exact) mass is 306 g/mol. The Kier molecular flexibility index (Phi) is 4.74. The molecule has 0 radical (unpaired) electrons. The lowest BCUT2D eigenvalue weighted by Gasteiger charge is -2.35. The molecule has 3 rings (SSSR count). The van der Waals surface area contributed by atoms with E-state index < -0.39 is 0 Å². The number of rotatable bonds is 5. The highest BCUT2D eigenvalue weighted by Crippen LogP contribution is 2.36. The van der Waals surface area contributed by atoms with Crippen molar-refractivity contribution in [3.05, 3.63) is 17.7 Å². The van der Waals surface area contributed by atoms with E-state index in [9.17, 15) is 0 Å². The first kappa shape index (κ1) is 15.4. The molecule has 0 bridgehead atoms. The molecule has 2 aliphatic rings. The summed E-state index contributed by atoms with van der Waals surface area (Å²) >= 11 is 0. The molecule has 0 amide bonds. The molecule has 5 nitrogen and oxygen atoms in total. The molecule has 1 aromatic carbocycles. The zero-order chi connectivity index (χ0) is 15.5. The molecular formula is C17H26N2O3.